The van der Waals surface area contributed by atoms with E-state index in [1.165, 1.54) is 51.9 Å². The third kappa shape index (κ3) is 7.32. The van der Waals surface area contributed by atoms with Gasteiger partial charge in [0.1, 0.15) is 5.75 Å². The molecule has 3 fully saturated rings. The van der Waals surface area contributed by atoms with E-state index in [9.17, 15) is 0 Å². The maximum atomic E-state index is 5.72. The van der Waals surface area contributed by atoms with E-state index in [1.807, 2.05) is 32.0 Å². The first-order chi connectivity index (χ1) is 22.2. The summed E-state index contributed by atoms with van der Waals surface area (Å²) in [5.74, 6) is 6.79. The topological polar surface area (TPSA) is 27.7 Å². The molecule has 4 aromatic carbocycles. The molecule has 9 rings (SSSR count). The first kappa shape index (κ1) is 31.1. The van der Waals surface area contributed by atoms with E-state index < -0.39 is 0 Å². The summed E-state index contributed by atoms with van der Waals surface area (Å²) >= 11 is 0. The van der Waals surface area contributed by atoms with E-state index >= 15 is 0 Å². The quantitative estimate of drug-likeness (QED) is 0.247. The van der Waals surface area contributed by atoms with E-state index in [0.717, 1.165) is 31.4 Å². The summed E-state index contributed by atoms with van der Waals surface area (Å²) < 4.78 is 5.72. The number of anilines is 3. The van der Waals surface area contributed by atoms with Crippen molar-refractivity contribution in [3.8, 4) is 5.75 Å². The summed E-state index contributed by atoms with van der Waals surface area (Å²) in [6.45, 7) is 9.85. The Hall–Kier alpha value is -3.92. The molecule has 0 amide bonds. The lowest BCUT2D eigenvalue weighted by Crippen LogP contribution is -2.33. The molecule has 0 saturated heterocycles. The highest BCUT2D eigenvalue weighted by atomic mass is 16.5. The Kier molecular flexibility index (Phi) is 10.3. The summed E-state index contributed by atoms with van der Waals surface area (Å²) in [4.78, 5) is 4.56. The van der Waals surface area contributed by atoms with Gasteiger partial charge in [-0.15, -0.1) is 0 Å². The third-order valence-electron chi connectivity index (χ3n) is 10.4. The Balaban J connectivity index is 0.000000118. The minimum atomic E-state index is 0.626. The van der Waals surface area contributed by atoms with Crippen LogP contribution in [-0.2, 0) is 13.1 Å². The first-order valence-corrected chi connectivity index (χ1v) is 17.3. The fourth-order valence-electron chi connectivity index (χ4n) is 8.36. The molecule has 236 valence electrons. The number of rotatable bonds is 2. The second kappa shape index (κ2) is 14.9. The van der Waals surface area contributed by atoms with Gasteiger partial charge in [0, 0.05) is 35.7 Å². The highest BCUT2D eigenvalue weighted by Crippen LogP contribution is 2.59. The fraction of sp³-hybridized carbons (Fsp3) is 0.415. The maximum Gasteiger partial charge on any atom is 0.161 e. The van der Waals surface area contributed by atoms with Gasteiger partial charge in [-0.25, -0.2) is 0 Å². The van der Waals surface area contributed by atoms with Gasteiger partial charge in [0.25, 0.3) is 0 Å². The maximum absolute atomic E-state index is 5.72. The molecular weight excluding hydrogens is 550 g/mol. The highest BCUT2D eigenvalue weighted by molar-refractivity contribution is 5.59. The fourth-order valence-corrected chi connectivity index (χ4v) is 8.36. The molecule has 2 aliphatic heterocycles. The molecule has 3 saturated carbocycles. The summed E-state index contributed by atoms with van der Waals surface area (Å²) in [5.41, 5.74) is 6.34. The zero-order valence-corrected chi connectivity index (χ0v) is 27.4. The average Bonchev–Trinajstić information content (AvgIpc) is 3.85. The molecule has 45 heavy (non-hydrogen) atoms. The molecule has 3 aliphatic carbocycles. The van der Waals surface area contributed by atoms with Crippen LogP contribution < -0.4 is 19.9 Å². The van der Waals surface area contributed by atoms with E-state index in [-0.39, 0.29) is 0 Å². The molecule has 4 unspecified atom stereocenters. The SMILES string of the molecule is CC.CC1CC2C3CCC(C3)C2C1.c1ccc(N2CNc3ccccc3C2)cc1.c1ccc(N2COc3ccccc3C2)cc1. The lowest BCUT2D eigenvalue weighted by molar-refractivity contribution is 0.259. The van der Waals surface area contributed by atoms with Crippen LogP contribution in [0.25, 0.3) is 0 Å². The minimum Gasteiger partial charge on any atom is -0.473 e. The van der Waals surface area contributed by atoms with Gasteiger partial charge in [-0.3, -0.25) is 0 Å². The van der Waals surface area contributed by atoms with Crippen LogP contribution >= 0.6 is 0 Å². The monoisotopic (exact) mass is 601 g/mol. The summed E-state index contributed by atoms with van der Waals surface area (Å²) in [5, 5.41) is 3.44. The number of ether oxygens (including phenoxy) is 1. The van der Waals surface area contributed by atoms with Crippen LogP contribution in [0.1, 0.15) is 64.0 Å². The predicted molar refractivity (Wildman–Crippen MR) is 190 cm³/mol. The second-order valence-corrected chi connectivity index (χ2v) is 13.2. The number of nitrogens with one attached hydrogen (secondary N) is 1. The Morgan fingerprint density at radius 1 is 0.600 bits per heavy atom. The zero-order chi connectivity index (χ0) is 31.0. The van der Waals surface area contributed by atoms with Gasteiger partial charge < -0.3 is 19.9 Å². The molecule has 2 bridgehead atoms. The largest absolute Gasteiger partial charge is 0.473 e. The summed E-state index contributed by atoms with van der Waals surface area (Å²) in [6.07, 6.45) is 7.93. The highest BCUT2D eigenvalue weighted by Gasteiger charge is 2.50. The van der Waals surface area contributed by atoms with Crippen molar-refractivity contribution in [2.75, 3.05) is 28.5 Å². The average molecular weight is 602 g/mol. The number of hydrogen-bond acceptors (Lipinski definition) is 4. The normalized spacial score (nSPS) is 24.9. The summed E-state index contributed by atoms with van der Waals surface area (Å²) in [6, 6.07) is 37.5. The lowest BCUT2D eigenvalue weighted by Gasteiger charge is -2.31. The van der Waals surface area contributed by atoms with Gasteiger partial charge in [0.2, 0.25) is 0 Å². The van der Waals surface area contributed by atoms with Crippen molar-refractivity contribution in [2.45, 2.75) is 66.0 Å². The lowest BCUT2D eigenvalue weighted by atomic mass is 9.82. The van der Waals surface area contributed by atoms with Crippen LogP contribution in [0.4, 0.5) is 17.1 Å². The van der Waals surface area contributed by atoms with Crippen molar-refractivity contribution in [2.24, 2.45) is 29.6 Å². The molecule has 0 radical (unpaired) electrons. The van der Waals surface area contributed by atoms with E-state index in [1.54, 1.807) is 32.1 Å². The van der Waals surface area contributed by atoms with Gasteiger partial charge in [-0.1, -0.05) is 93.6 Å². The molecule has 4 atom stereocenters. The van der Waals surface area contributed by atoms with Gasteiger partial charge in [-0.05, 0) is 104 Å². The predicted octanol–water partition coefficient (Wildman–Crippen LogP) is 10.2. The molecule has 0 aromatic heterocycles. The number of fused-ring (bicyclic) bond motifs is 7. The molecule has 4 heteroatoms. The van der Waals surface area contributed by atoms with E-state index in [0.29, 0.717) is 6.73 Å². The molecule has 5 aliphatic rings. The minimum absolute atomic E-state index is 0.626. The van der Waals surface area contributed by atoms with Gasteiger partial charge >= 0.3 is 0 Å². The van der Waals surface area contributed by atoms with Crippen molar-refractivity contribution in [3.63, 3.8) is 0 Å². The molecule has 4 aromatic rings. The van der Waals surface area contributed by atoms with Crippen molar-refractivity contribution < 1.29 is 4.74 Å². The number of benzene rings is 4. The van der Waals surface area contributed by atoms with E-state index in [2.05, 4.69) is 113 Å². The smallest absolute Gasteiger partial charge is 0.161 e. The Labute approximate surface area is 271 Å². The second-order valence-electron chi connectivity index (χ2n) is 13.2. The van der Waals surface area contributed by atoms with Crippen molar-refractivity contribution in [1.29, 1.82) is 0 Å². The molecular formula is C41H51N3O. The molecule has 0 spiro atoms. The van der Waals surface area contributed by atoms with Gasteiger partial charge in [0.15, 0.2) is 6.73 Å². The Bertz CT molecular complexity index is 1360. The van der Waals surface area contributed by atoms with Crippen LogP contribution in [0, 0.1) is 29.6 Å². The number of hydrogen-bond donors (Lipinski definition) is 1. The van der Waals surface area contributed by atoms with E-state index in [4.69, 9.17) is 4.74 Å². The Morgan fingerprint density at radius 2 is 1.13 bits per heavy atom. The van der Waals surface area contributed by atoms with Crippen molar-refractivity contribution >= 4 is 17.1 Å². The van der Waals surface area contributed by atoms with Crippen molar-refractivity contribution in [3.05, 3.63) is 120 Å². The van der Waals surface area contributed by atoms with Crippen LogP contribution in [0.15, 0.2) is 109 Å². The number of nitrogens with zero attached hydrogens (tertiary/aromatic N) is 2. The van der Waals surface area contributed by atoms with Gasteiger partial charge in [0.05, 0.1) is 6.67 Å². The van der Waals surface area contributed by atoms with Gasteiger partial charge in [-0.2, -0.15) is 0 Å². The first-order valence-electron chi connectivity index (χ1n) is 17.3. The van der Waals surface area contributed by atoms with Crippen LogP contribution in [0.3, 0.4) is 0 Å². The molecule has 1 N–H and O–H groups in total. The Morgan fingerprint density at radius 3 is 1.80 bits per heavy atom. The molecule has 2 heterocycles. The number of para-hydroxylation sites is 4. The van der Waals surface area contributed by atoms with Crippen LogP contribution in [0.2, 0.25) is 0 Å². The molecule has 4 nitrogen and oxygen atoms in total. The third-order valence-corrected chi connectivity index (χ3v) is 10.4. The summed E-state index contributed by atoms with van der Waals surface area (Å²) in [7, 11) is 0. The van der Waals surface area contributed by atoms with Crippen LogP contribution in [0.5, 0.6) is 5.75 Å². The standard InChI is InChI=1S/C14H14N2.C14H13NO.C11H18.C2H6/c1-2-7-13(8-3-1)16-10-12-6-4-5-9-14(12)15-11-16;1-2-7-13(8-3-1)15-10-12-6-4-5-9-14(12)16-11-15;1-7-4-10-8-2-3-9(6-8)11(10)5-7;1-2/h1-9,15H,10-11H2;1-9H,10-11H2;7-11H,2-6H2,1H3;1-2H3. The van der Waals surface area contributed by atoms with Crippen molar-refractivity contribution in [1.82, 2.24) is 0 Å². The van der Waals surface area contributed by atoms with Crippen LogP contribution in [-0.4, -0.2) is 13.4 Å². The zero-order valence-electron chi connectivity index (χ0n) is 27.4.